The van der Waals surface area contributed by atoms with Crippen molar-refractivity contribution in [2.75, 3.05) is 19.6 Å². The normalized spacial score (nSPS) is 11.1. The van der Waals surface area contributed by atoms with E-state index in [1.54, 1.807) is 0 Å². The lowest BCUT2D eigenvalue weighted by Crippen LogP contribution is -2.38. The molecule has 0 aliphatic heterocycles. The van der Waals surface area contributed by atoms with E-state index in [1.807, 2.05) is 42.5 Å². The van der Waals surface area contributed by atoms with Crippen LogP contribution in [0.2, 0.25) is 5.15 Å². The molecule has 2 N–H and O–H groups in total. The Balaban J connectivity index is 0.00000312. The van der Waals surface area contributed by atoms with Gasteiger partial charge in [-0.2, -0.15) is 5.10 Å². The Morgan fingerprint density at radius 1 is 1.20 bits per heavy atom. The van der Waals surface area contributed by atoms with E-state index in [9.17, 15) is 0 Å². The van der Waals surface area contributed by atoms with Crippen molar-refractivity contribution in [1.82, 2.24) is 25.4 Å². The molecule has 138 valence electrons. The fourth-order valence-electron chi connectivity index (χ4n) is 2.30. The van der Waals surface area contributed by atoms with E-state index in [0.717, 1.165) is 50.4 Å². The molecule has 0 amide bonds. The summed E-state index contributed by atoms with van der Waals surface area (Å²) in [6.45, 7) is 4.50. The molecular formula is C17H26ClIN6. The minimum absolute atomic E-state index is 0. The summed E-state index contributed by atoms with van der Waals surface area (Å²) in [7, 11) is 1.94. The van der Waals surface area contributed by atoms with Crippen LogP contribution in [0.25, 0.3) is 0 Å². The maximum absolute atomic E-state index is 5.79. The zero-order valence-electron chi connectivity index (χ0n) is 14.7. The standard InChI is InChI=1S/C17H25ClN6.HI/c1-3-19-17(20-9-4-5-15-12-23-24(2)13-15)21-10-8-14-6-7-16(18)22-11-14;/h6-7,11-13H,3-5,8-10H2,1-2H3,(H2,19,20,21);1H. The molecule has 0 fully saturated rings. The molecule has 0 saturated carbocycles. The van der Waals surface area contributed by atoms with Crippen molar-refractivity contribution in [1.29, 1.82) is 0 Å². The van der Waals surface area contributed by atoms with Crippen molar-refractivity contribution in [2.45, 2.75) is 26.2 Å². The monoisotopic (exact) mass is 476 g/mol. The fraction of sp³-hybridized carbons (Fsp3) is 0.471. The van der Waals surface area contributed by atoms with Gasteiger partial charge < -0.3 is 10.6 Å². The van der Waals surface area contributed by atoms with Crippen LogP contribution in [-0.4, -0.2) is 40.4 Å². The maximum Gasteiger partial charge on any atom is 0.191 e. The van der Waals surface area contributed by atoms with Gasteiger partial charge in [-0.1, -0.05) is 17.7 Å². The third-order valence-electron chi connectivity index (χ3n) is 3.49. The molecule has 0 bridgehead atoms. The van der Waals surface area contributed by atoms with E-state index in [0.29, 0.717) is 5.15 Å². The van der Waals surface area contributed by atoms with Gasteiger partial charge in [0.15, 0.2) is 5.96 Å². The SMILES string of the molecule is CCNC(=NCCCc1cnn(C)c1)NCCc1ccc(Cl)nc1.I. The number of pyridine rings is 1. The number of hydrogen-bond donors (Lipinski definition) is 2. The van der Waals surface area contributed by atoms with Crippen molar-refractivity contribution in [3.63, 3.8) is 0 Å². The van der Waals surface area contributed by atoms with Crippen LogP contribution in [0.3, 0.4) is 0 Å². The summed E-state index contributed by atoms with van der Waals surface area (Å²) in [6.07, 6.45) is 8.64. The van der Waals surface area contributed by atoms with Crippen molar-refractivity contribution < 1.29 is 0 Å². The lowest BCUT2D eigenvalue weighted by Gasteiger charge is -2.11. The second-order valence-corrected chi connectivity index (χ2v) is 5.94. The number of aromatic nitrogens is 3. The summed E-state index contributed by atoms with van der Waals surface area (Å²) >= 11 is 5.79. The van der Waals surface area contributed by atoms with Gasteiger partial charge in [0.25, 0.3) is 0 Å². The molecule has 25 heavy (non-hydrogen) atoms. The van der Waals surface area contributed by atoms with E-state index in [2.05, 4.69) is 32.6 Å². The summed E-state index contributed by atoms with van der Waals surface area (Å²) in [4.78, 5) is 8.70. The molecule has 6 nitrogen and oxygen atoms in total. The lowest BCUT2D eigenvalue weighted by atomic mass is 10.2. The number of guanidine groups is 1. The molecule has 0 spiro atoms. The van der Waals surface area contributed by atoms with Crippen molar-refractivity contribution in [3.05, 3.63) is 47.0 Å². The van der Waals surface area contributed by atoms with Gasteiger partial charge in [-0.25, -0.2) is 4.98 Å². The molecule has 2 heterocycles. The minimum atomic E-state index is 0. The maximum atomic E-state index is 5.79. The number of halogens is 2. The zero-order chi connectivity index (χ0) is 17.2. The van der Waals surface area contributed by atoms with Gasteiger partial charge in [-0.3, -0.25) is 9.67 Å². The van der Waals surface area contributed by atoms with Gasteiger partial charge >= 0.3 is 0 Å². The van der Waals surface area contributed by atoms with E-state index in [1.165, 1.54) is 5.56 Å². The van der Waals surface area contributed by atoms with Crippen LogP contribution in [0.5, 0.6) is 0 Å². The number of rotatable bonds is 8. The minimum Gasteiger partial charge on any atom is -0.357 e. The topological polar surface area (TPSA) is 67.1 Å². The summed E-state index contributed by atoms with van der Waals surface area (Å²) in [6, 6.07) is 3.81. The molecule has 0 atom stereocenters. The highest BCUT2D eigenvalue weighted by atomic mass is 127. The van der Waals surface area contributed by atoms with Crippen molar-refractivity contribution >= 4 is 41.5 Å². The smallest absolute Gasteiger partial charge is 0.191 e. The molecule has 0 aliphatic rings. The summed E-state index contributed by atoms with van der Waals surface area (Å²) in [5.41, 5.74) is 2.40. The molecule has 0 aliphatic carbocycles. The molecule has 0 radical (unpaired) electrons. The fourth-order valence-corrected chi connectivity index (χ4v) is 2.41. The first-order chi connectivity index (χ1) is 11.7. The first kappa shape index (κ1) is 21.7. The third-order valence-corrected chi connectivity index (χ3v) is 3.71. The highest BCUT2D eigenvalue weighted by Gasteiger charge is 2.00. The Hall–Kier alpha value is -1.35. The van der Waals surface area contributed by atoms with Crippen LogP contribution in [0.4, 0.5) is 0 Å². The summed E-state index contributed by atoms with van der Waals surface area (Å²) in [5, 5.41) is 11.3. The highest BCUT2D eigenvalue weighted by Crippen LogP contribution is 2.05. The number of nitrogens with zero attached hydrogens (tertiary/aromatic N) is 4. The quantitative estimate of drug-likeness (QED) is 0.202. The lowest BCUT2D eigenvalue weighted by molar-refractivity contribution is 0.762. The molecule has 0 aromatic carbocycles. The Morgan fingerprint density at radius 3 is 2.68 bits per heavy atom. The Bertz CT molecular complexity index is 641. The Kier molecular flexibility index (Phi) is 10.5. The number of nitrogens with one attached hydrogen (secondary N) is 2. The average Bonchev–Trinajstić information content (AvgIpc) is 2.99. The van der Waals surface area contributed by atoms with Gasteiger partial charge in [-0.15, -0.1) is 24.0 Å². The highest BCUT2D eigenvalue weighted by molar-refractivity contribution is 14.0. The Morgan fingerprint density at radius 2 is 2.04 bits per heavy atom. The zero-order valence-corrected chi connectivity index (χ0v) is 17.8. The summed E-state index contributed by atoms with van der Waals surface area (Å²) < 4.78 is 1.83. The largest absolute Gasteiger partial charge is 0.357 e. The first-order valence-corrected chi connectivity index (χ1v) is 8.65. The summed E-state index contributed by atoms with van der Waals surface area (Å²) in [5.74, 6) is 0.852. The predicted molar refractivity (Wildman–Crippen MR) is 114 cm³/mol. The number of aliphatic imine (C=N–C) groups is 1. The second-order valence-electron chi connectivity index (χ2n) is 5.55. The van der Waals surface area contributed by atoms with E-state index >= 15 is 0 Å². The average molecular weight is 477 g/mol. The first-order valence-electron chi connectivity index (χ1n) is 8.27. The van der Waals surface area contributed by atoms with Crippen LogP contribution < -0.4 is 10.6 Å². The van der Waals surface area contributed by atoms with E-state index in [-0.39, 0.29) is 24.0 Å². The molecular weight excluding hydrogens is 451 g/mol. The molecule has 2 aromatic heterocycles. The van der Waals surface area contributed by atoms with Crippen LogP contribution in [0.1, 0.15) is 24.5 Å². The molecule has 8 heteroatoms. The number of aryl methyl sites for hydroxylation is 2. The van der Waals surface area contributed by atoms with E-state index in [4.69, 9.17) is 11.6 Å². The van der Waals surface area contributed by atoms with Gasteiger partial charge in [-0.05, 0) is 43.4 Å². The third kappa shape index (κ3) is 8.53. The van der Waals surface area contributed by atoms with Gasteiger partial charge in [0.05, 0.1) is 6.20 Å². The van der Waals surface area contributed by atoms with Crippen LogP contribution in [-0.2, 0) is 19.9 Å². The van der Waals surface area contributed by atoms with Crippen molar-refractivity contribution in [3.8, 4) is 0 Å². The van der Waals surface area contributed by atoms with Gasteiger partial charge in [0.2, 0.25) is 0 Å². The molecule has 0 saturated heterocycles. The van der Waals surface area contributed by atoms with Gasteiger partial charge in [0.1, 0.15) is 5.15 Å². The molecule has 2 rings (SSSR count). The number of hydrogen-bond acceptors (Lipinski definition) is 3. The molecule has 0 unspecified atom stereocenters. The predicted octanol–water partition coefficient (Wildman–Crippen LogP) is 2.82. The second kappa shape index (κ2) is 12.1. The van der Waals surface area contributed by atoms with Gasteiger partial charge in [0, 0.05) is 39.1 Å². The van der Waals surface area contributed by atoms with Crippen LogP contribution in [0.15, 0.2) is 35.7 Å². The Labute approximate surface area is 171 Å². The van der Waals surface area contributed by atoms with Crippen LogP contribution >= 0.6 is 35.6 Å². The van der Waals surface area contributed by atoms with Crippen LogP contribution in [0, 0.1) is 0 Å². The van der Waals surface area contributed by atoms with E-state index < -0.39 is 0 Å². The van der Waals surface area contributed by atoms with Crippen molar-refractivity contribution in [2.24, 2.45) is 12.0 Å². The molecule has 2 aromatic rings.